The summed E-state index contributed by atoms with van der Waals surface area (Å²) < 4.78 is 5.38. The molecule has 1 saturated heterocycles. The molecule has 8 heteroatoms. The van der Waals surface area contributed by atoms with E-state index in [9.17, 15) is 9.59 Å². The van der Waals surface area contributed by atoms with Crippen LogP contribution in [0.15, 0.2) is 12.4 Å². The van der Waals surface area contributed by atoms with Crippen molar-refractivity contribution in [1.82, 2.24) is 19.8 Å². The summed E-state index contributed by atoms with van der Waals surface area (Å²) in [7, 11) is 1.74. The molecule has 132 valence electrons. The van der Waals surface area contributed by atoms with Gasteiger partial charge in [-0.15, -0.1) is 0 Å². The second-order valence-electron chi connectivity index (χ2n) is 6.84. The van der Waals surface area contributed by atoms with Crippen LogP contribution in [-0.4, -0.2) is 63.5 Å². The minimum Gasteiger partial charge on any atom is -0.444 e. The van der Waals surface area contributed by atoms with E-state index < -0.39 is 5.60 Å². The number of carbonyl (C=O) groups excluding carboxylic acids is 2. The molecule has 0 bridgehead atoms. The van der Waals surface area contributed by atoms with E-state index in [1.807, 2.05) is 20.8 Å². The lowest BCUT2D eigenvalue weighted by Crippen LogP contribution is -2.48. The highest BCUT2D eigenvalue weighted by atomic mass is 35.5. The van der Waals surface area contributed by atoms with E-state index in [1.54, 1.807) is 16.8 Å². The van der Waals surface area contributed by atoms with Gasteiger partial charge in [0, 0.05) is 26.2 Å². The second kappa shape index (κ2) is 7.34. The standard InChI is InChI=1S/C16H23ClN4O3/c1-16(2,3)24-15(23)21-7-5-11(6-8-21)20(4)14(22)12-9-19-13(17)10-18-12/h9-11H,5-8H2,1-4H3. The van der Waals surface area contributed by atoms with Gasteiger partial charge in [-0.1, -0.05) is 11.6 Å². The number of nitrogens with zero attached hydrogens (tertiary/aromatic N) is 4. The Hall–Kier alpha value is -1.89. The Morgan fingerprint density at radius 2 is 1.88 bits per heavy atom. The third-order valence-corrected chi connectivity index (χ3v) is 4.02. The van der Waals surface area contributed by atoms with Crippen LogP contribution >= 0.6 is 11.6 Å². The first-order valence-electron chi connectivity index (χ1n) is 7.90. The van der Waals surface area contributed by atoms with Crippen LogP contribution in [0.2, 0.25) is 5.15 Å². The molecule has 0 spiro atoms. The van der Waals surface area contributed by atoms with Crippen LogP contribution in [0.5, 0.6) is 0 Å². The van der Waals surface area contributed by atoms with Crippen molar-refractivity contribution in [2.24, 2.45) is 0 Å². The number of aromatic nitrogens is 2. The lowest BCUT2D eigenvalue weighted by Gasteiger charge is -2.37. The highest BCUT2D eigenvalue weighted by Crippen LogP contribution is 2.19. The van der Waals surface area contributed by atoms with Crippen molar-refractivity contribution >= 4 is 23.6 Å². The number of likely N-dealkylation sites (tertiary alicyclic amines) is 1. The summed E-state index contributed by atoms with van der Waals surface area (Å²) >= 11 is 5.69. The van der Waals surface area contributed by atoms with Crippen molar-refractivity contribution < 1.29 is 14.3 Å². The number of ether oxygens (including phenoxy) is 1. The van der Waals surface area contributed by atoms with E-state index in [-0.39, 0.29) is 28.9 Å². The molecule has 0 aliphatic carbocycles. The average molecular weight is 355 g/mol. The Morgan fingerprint density at radius 1 is 1.25 bits per heavy atom. The second-order valence-corrected chi connectivity index (χ2v) is 7.23. The third-order valence-electron chi connectivity index (χ3n) is 3.82. The number of piperidine rings is 1. The molecule has 2 amide bonds. The van der Waals surface area contributed by atoms with Crippen molar-refractivity contribution in [2.75, 3.05) is 20.1 Å². The van der Waals surface area contributed by atoms with Crippen LogP contribution < -0.4 is 0 Å². The van der Waals surface area contributed by atoms with Crippen molar-refractivity contribution in [2.45, 2.75) is 45.3 Å². The van der Waals surface area contributed by atoms with Gasteiger partial charge in [0.15, 0.2) is 0 Å². The quantitative estimate of drug-likeness (QED) is 0.816. The maximum atomic E-state index is 12.4. The molecule has 1 fully saturated rings. The first-order chi connectivity index (χ1) is 11.2. The molecule has 2 heterocycles. The molecule has 0 radical (unpaired) electrons. The first-order valence-corrected chi connectivity index (χ1v) is 8.28. The molecule has 0 aromatic carbocycles. The van der Waals surface area contributed by atoms with E-state index in [4.69, 9.17) is 16.3 Å². The van der Waals surface area contributed by atoms with Gasteiger partial charge in [-0.3, -0.25) is 4.79 Å². The predicted octanol–water partition coefficient (Wildman–Crippen LogP) is 2.60. The fraction of sp³-hybridized carbons (Fsp3) is 0.625. The minimum atomic E-state index is -0.506. The van der Waals surface area contributed by atoms with Gasteiger partial charge in [0.25, 0.3) is 5.91 Å². The molecule has 7 nitrogen and oxygen atoms in total. The van der Waals surface area contributed by atoms with Gasteiger partial charge in [0.05, 0.1) is 12.4 Å². The number of halogens is 1. The highest BCUT2D eigenvalue weighted by molar-refractivity contribution is 6.29. The molecular formula is C16H23ClN4O3. The maximum absolute atomic E-state index is 12.4. The molecular weight excluding hydrogens is 332 g/mol. The molecule has 1 aromatic heterocycles. The minimum absolute atomic E-state index is 0.0497. The van der Waals surface area contributed by atoms with Gasteiger partial charge in [-0.2, -0.15) is 0 Å². The Morgan fingerprint density at radius 3 is 2.38 bits per heavy atom. The molecule has 1 aliphatic rings. The Labute approximate surface area is 147 Å². The first kappa shape index (κ1) is 18.4. The summed E-state index contributed by atoms with van der Waals surface area (Å²) in [6.07, 6.45) is 3.81. The van der Waals surface area contributed by atoms with Crippen LogP contribution in [0.4, 0.5) is 4.79 Å². The van der Waals surface area contributed by atoms with Crippen molar-refractivity contribution in [3.05, 3.63) is 23.2 Å². The maximum Gasteiger partial charge on any atom is 0.410 e. The summed E-state index contributed by atoms with van der Waals surface area (Å²) in [4.78, 5) is 35.7. The van der Waals surface area contributed by atoms with Crippen LogP contribution in [0.3, 0.4) is 0 Å². The van der Waals surface area contributed by atoms with Crippen molar-refractivity contribution in [3.63, 3.8) is 0 Å². The monoisotopic (exact) mass is 354 g/mol. The van der Waals surface area contributed by atoms with Crippen LogP contribution in [0.1, 0.15) is 44.1 Å². The van der Waals surface area contributed by atoms with Crippen LogP contribution in [0.25, 0.3) is 0 Å². The number of hydrogen-bond acceptors (Lipinski definition) is 5. The fourth-order valence-electron chi connectivity index (χ4n) is 2.53. The Kier molecular flexibility index (Phi) is 5.64. The van der Waals surface area contributed by atoms with E-state index in [2.05, 4.69) is 9.97 Å². The van der Waals surface area contributed by atoms with E-state index >= 15 is 0 Å². The zero-order valence-electron chi connectivity index (χ0n) is 14.5. The number of hydrogen-bond donors (Lipinski definition) is 0. The van der Waals surface area contributed by atoms with Gasteiger partial charge in [-0.25, -0.2) is 14.8 Å². The lowest BCUT2D eigenvalue weighted by molar-refractivity contribution is 0.0159. The summed E-state index contributed by atoms with van der Waals surface area (Å²) in [5.74, 6) is -0.199. The van der Waals surface area contributed by atoms with Gasteiger partial charge < -0.3 is 14.5 Å². The molecule has 0 N–H and O–H groups in total. The molecule has 1 aromatic rings. The molecule has 0 unspecified atom stereocenters. The van der Waals surface area contributed by atoms with Gasteiger partial charge in [0.2, 0.25) is 0 Å². The van der Waals surface area contributed by atoms with Gasteiger partial charge in [-0.05, 0) is 33.6 Å². The lowest BCUT2D eigenvalue weighted by atomic mass is 10.0. The molecule has 1 aliphatic heterocycles. The smallest absolute Gasteiger partial charge is 0.410 e. The van der Waals surface area contributed by atoms with Crippen molar-refractivity contribution in [1.29, 1.82) is 0 Å². The summed E-state index contributed by atoms with van der Waals surface area (Å²) in [5.41, 5.74) is -0.245. The van der Waals surface area contributed by atoms with E-state index in [0.29, 0.717) is 25.9 Å². The topological polar surface area (TPSA) is 75.6 Å². The number of rotatable bonds is 2. The third kappa shape index (κ3) is 4.80. The van der Waals surface area contributed by atoms with Crippen LogP contribution in [0, 0.1) is 0 Å². The summed E-state index contributed by atoms with van der Waals surface area (Å²) in [5, 5.41) is 0.250. The number of carbonyl (C=O) groups is 2. The largest absolute Gasteiger partial charge is 0.444 e. The Bertz CT molecular complexity index is 592. The zero-order valence-corrected chi connectivity index (χ0v) is 15.2. The Balaban J connectivity index is 1.90. The summed E-state index contributed by atoms with van der Waals surface area (Å²) in [6.45, 7) is 6.65. The normalized spacial score (nSPS) is 16.0. The molecule has 0 atom stereocenters. The molecule has 2 rings (SSSR count). The van der Waals surface area contributed by atoms with Gasteiger partial charge >= 0.3 is 6.09 Å². The summed E-state index contributed by atoms with van der Waals surface area (Å²) in [6, 6.07) is 0.0497. The fourth-order valence-corrected chi connectivity index (χ4v) is 2.63. The zero-order chi connectivity index (χ0) is 17.9. The SMILES string of the molecule is CN(C(=O)c1cnc(Cl)cn1)C1CCN(C(=O)OC(C)(C)C)CC1. The van der Waals surface area contributed by atoms with E-state index in [0.717, 1.165) is 0 Å². The number of amides is 2. The predicted molar refractivity (Wildman–Crippen MR) is 90.0 cm³/mol. The van der Waals surface area contributed by atoms with Crippen molar-refractivity contribution in [3.8, 4) is 0 Å². The average Bonchev–Trinajstić information content (AvgIpc) is 2.53. The highest BCUT2D eigenvalue weighted by Gasteiger charge is 2.30. The van der Waals surface area contributed by atoms with Crippen LogP contribution in [-0.2, 0) is 4.74 Å². The van der Waals surface area contributed by atoms with Gasteiger partial charge in [0.1, 0.15) is 16.4 Å². The van der Waals surface area contributed by atoms with E-state index in [1.165, 1.54) is 12.4 Å². The molecule has 24 heavy (non-hydrogen) atoms. The molecule has 0 saturated carbocycles.